The van der Waals surface area contributed by atoms with E-state index in [0.29, 0.717) is 0 Å². The van der Waals surface area contributed by atoms with Crippen LogP contribution in [0.25, 0.3) is 5.69 Å². The number of hydrogen-bond acceptors (Lipinski definition) is 3. The molecule has 1 aliphatic heterocycles. The molecule has 0 unspecified atom stereocenters. The molecule has 1 fully saturated rings. The van der Waals surface area contributed by atoms with Crippen LogP contribution in [0.5, 0.6) is 0 Å². The first-order valence-corrected chi connectivity index (χ1v) is 6.85. The Kier molecular flexibility index (Phi) is 2.99. The zero-order chi connectivity index (χ0) is 14.4. The highest BCUT2D eigenvalue weighted by atomic mass is 16.7. The zero-order valence-corrected chi connectivity index (χ0v) is 12.3. The molecule has 0 atom stereocenters. The van der Waals surface area contributed by atoms with Crippen LogP contribution < -0.4 is 5.72 Å². The summed E-state index contributed by atoms with van der Waals surface area (Å²) in [6.07, 6.45) is 3.70. The van der Waals surface area contributed by atoms with Crippen molar-refractivity contribution in [1.29, 1.82) is 0 Å². The number of benzene rings is 1. The first-order valence-electron chi connectivity index (χ1n) is 6.85. The summed E-state index contributed by atoms with van der Waals surface area (Å²) in [4.78, 5) is 4.42. The number of imidazole rings is 1. The second-order valence-electron chi connectivity index (χ2n) is 6.08. The van der Waals surface area contributed by atoms with E-state index in [1.165, 1.54) is 0 Å². The molecule has 0 radical (unpaired) electrons. The monoisotopic (exact) mass is 270 g/mol. The third kappa shape index (κ3) is 2.07. The first-order chi connectivity index (χ1) is 9.41. The third-order valence-corrected chi connectivity index (χ3v) is 4.17. The Hall–Kier alpha value is -1.59. The summed E-state index contributed by atoms with van der Waals surface area (Å²) in [5.41, 5.74) is 1.11. The maximum absolute atomic E-state index is 6.07. The van der Waals surface area contributed by atoms with Crippen LogP contribution in [0, 0.1) is 0 Å². The van der Waals surface area contributed by atoms with Gasteiger partial charge in [-0.15, -0.1) is 0 Å². The van der Waals surface area contributed by atoms with Gasteiger partial charge in [-0.05, 0) is 39.8 Å². The quantitative estimate of drug-likeness (QED) is 0.785. The van der Waals surface area contributed by atoms with Gasteiger partial charge in [0.25, 0.3) is 0 Å². The SMILES string of the molecule is CC1(C)OB(c2nccn2-c2ccccc2)OC1(C)C. The van der Waals surface area contributed by atoms with Crippen LogP contribution in [0.3, 0.4) is 0 Å². The van der Waals surface area contributed by atoms with E-state index in [1.807, 2.05) is 68.8 Å². The van der Waals surface area contributed by atoms with E-state index in [-0.39, 0.29) is 11.2 Å². The Labute approximate surface area is 119 Å². The molecule has 0 aliphatic carbocycles. The van der Waals surface area contributed by atoms with Gasteiger partial charge in [-0.25, -0.2) is 4.98 Å². The largest absolute Gasteiger partial charge is 0.533 e. The van der Waals surface area contributed by atoms with E-state index < -0.39 is 7.12 Å². The number of para-hydroxylation sites is 1. The van der Waals surface area contributed by atoms with Crippen LogP contribution in [0.15, 0.2) is 42.7 Å². The Morgan fingerprint density at radius 2 is 1.60 bits per heavy atom. The second-order valence-corrected chi connectivity index (χ2v) is 6.08. The van der Waals surface area contributed by atoms with Gasteiger partial charge in [-0.1, -0.05) is 18.2 Å². The molecule has 2 heterocycles. The Balaban J connectivity index is 1.96. The van der Waals surface area contributed by atoms with Gasteiger partial charge in [0.2, 0.25) is 0 Å². The molecule has 4 nitrogen and oxygen atoms in total. The molecule has 0 amide bonds. The normalized spacial score (nSPS) is 20.3. The van der Waals surface area contributed by atoms with Crippen molar-refractivity contribution in [3.05, 3.63) is 42.7 Å². The van der Waals surface area contributed by atoms with Gasteiger partial charge in [0, 0.05) is 18.1 Å². The molecule has 0 saturated carbocycles. The predicted octanol–water partition coefficient (Wildman–Crippen LogP) is 2.17. The van der Waals surface area contributed by atoms with Crippen molar-refractivity contribution in [3.63, 3.8) is 0 Å². The molecule has 1 aliphatic rings. The van der Waals surface area contributed by atoms with E-state index in [1.54, 1.807) is 6.20 Å². The average Bonchev–Trinajstić information content (AvgIpc) is 2.94. The van der Waals surface area contributed by atoms with Gasteiger partial charge in [0.15, 0.2) is 0 Å². The van der Waals surface area contributed by atoms with Gasteiger partial charge in [0.1, 0.15) is 5.72 Å². The molecule has 3 rings (SSSR count). The summed E-state index contributed by atoms with van der Waals surface area (Å²) in [6.45, 7) is 8.18. The van der Waals surface area contributed by atoms with Crippen molar-refractivity contribution in [3.8, 4) is 5.69 Å². The van der Waals surface area contributed by atoms with E-state index in [4.69, 9.17) is 9.31 Å². The Bertz CT molecular complexity index is 591. The second kappa shape index (κ2) is 4.47. The van der Waals surface area contributed by atoms with Gasteiger partial charge in [-0.2, -0.15) is 0 Å². The summed E-state index contributed by atoms with van der Waals surface area (Å²) in [5, 5.41) is 0. The van der Waals surface area contributed by atoms with Crippen LogP contribution in [0.4, 0.5) is 0 Å². The fourth-order valence-electron chi connectivity index (χ4n) is 2.24. The van der Waals surface area contributed by atoms with Crippen LogP contribution in [0.1, 0.15) is 27.7 Å². The molecule has 0 N–H and O–H groups in total. The summed E-state index contributed by atoms with van der Waals surface area (Å²) >= 11 is 0. The lowest BCUT2D eigenvalue weighted by Crippen LogP contribution is -2.41. The molecule has 20 heavy (non-hydrogen) atoms. The summed E-state index contributed by atoms with van der Waals surface area (Å²) < 4.78 is 14.1. The summed E-state index contributed by atoms with van der Waals surface area (Å²) in [5.74, 6) is 0. The lowest BCUT2D eigenvalue weighted by atomic mass is 9.89. The van der Waals surface area contributed by atoms with Crippen LogP contribution in [-0.2, 0) is 9.31 Å². The van der Waals surface area contributed by atoms with Crippen molar-refractivity contribution in [2.45, 2.75) is 38.9 Å². The average molecular weight is 270 g/mol. The van der Waals surface area contributed by atoms with E-state index in [0.717, 1.165) is 11.4 Å². The lowest BCUT2D eigenvalue weighted by molar-refractivity contribution is 0.00578. The molecule has 1 aromatic heterocycles. The maximum Gasteiger partial charge on any atom is 0.533 e. The van der Waals surface area contributed by atoms with Crippen LogP contribution in [-0.4, -0.2) is 27.9 Å². The Morgan fingerprint density at radius 3 is 2.20 bits per heavy atom. The zero-order valence-electron chi connectivity index (χ0n) is 12.3. The molecular formula is C15H19BN2O2. The molecular weight excluding hydrogens is 251 g/mol. The van der Waals surface area contributed by atoms with Crippen molar-refractivity contribution in [1.82, 2.24) is 9.55 Å². The molecule has 104 valence electrons. The Morgan fingerprint density at radius 1 is 1.00 bits per heavy atom. The molecule has 2 aromatic rings. The number of hydrogen-bond donors (Lipinski definition) is 0. The highest BCUT2D eigenvalue weighted by Gasteiger charge is 2.53. The minimum Gasteiger partial charge on any atom is -0.397 e. The number of nitrogens with zero attached hydrogens (tertiary/aromatic N) is 2. The number of rotatable bonds is 2. The number of aromatic nitrogens is 2. The molecule has 0 bridgehead atoms. The minimum atomic E-state index is -0.449. The van der Waals surface area contributed by atoms with E-state index >= 15 is 0 Å². The van der Waals surface area contributed by atoms with Crippen LogP contribution >= 0.6 is 0 Å². The molecule has 1 aromatic carbocycles. The van der Waals surface area contributed by atoms with Crippen molar-refractivity contribution in [2.75, 3.05) is 0 Å². The van der Waals surface area contributed by atoms with E-state index in [2.05, 4.69) is 4.98 Å². The standard InChI is InChI=1S/C15H19BN2O2/c1-14(2)15(3,4)20-16(19-14)13-17-10-11-18(13)12-8-6-5-7-9-12/h5-11H,1-4H3. The topological polar surface area (TPSA) is 36.3 Å². The van der Waals surface area contributed by atoms with Crippen LogP contribution in [0.2, 0.25) is 0 Å². The van der Waals surface area contributed by atoms with Crippen molar-refractivity contribution < 1.29 is 9.31 Å². The molecule has 5 heteroatoms. The highest BCUT2D eigenvalue weighted by molar-refractivity contribution is 6.60. The summed E-state index contributed by atoms with van der Waals surface area (Å²) in [6, 6.07) is 10.1. The minimum absolute atomic E-state index is 0.356. The predicted molar refractivity (Wildman–Crippen MR) is 79.3 cm³/mol. The summed E-state index contributed by atoms with van der Waals surface area (Å²) in [7, 11) is -0.449. The van der Waals surface area contributed by atoms with Gasteiger partial charge >= 0.3 is 7.12 Å². The van der Waals surface area contributed by atoms with Crippen molar-refractivity contribution >= 4 is 12.8 Å². The van der Waals surface area contributed by atoms with Crippen molar-refractivity contribution in [2.24, 2.45) is 0 Å². The smallest absolute Gasteiger partial charge is 0.397 e. The van der Waals surface area contributed by atoms with Gasteiger partial charge in [-0.3, -0.25) is 0 Å². The fraction of sp³-hybridized carbons (Fsp3) is 0.400. The maximum atomic E-state index is 6.07. The van der Waals surface area contributed by atoms with Gasteiger partial charge < -0.3 is 13.9 Å². The van der Waals surface area contributed by atoms with E-state index in [9.17, 15) is 0 Å². The lowest BCUT2D eigenvalue weighted by Gasteiger charge is -2.32. The third-order valence-electron chi connectivity index (χ3n) is 4.17. The molecule has 1 saturated heterocycles. The first kappa shape index (κ1) is 13.4. The highest BCUT2D eigenvalue weighted by Crippen LogP contribution is 2.36. The fourth-order valence-corrected chi connectivity index (χ4v) is 2.24. The molecule has 0 spiro atoms. The van der Waals surface area contributed by atoms with Gasteiger partial charge in [0.05, 0.1) is 11.2 Å².